The van der Waals surface area contributed by atoms with E-state index >= 15 is 0 Å². The Morgan fingerprint density at radius 3 is 2.40 bits per heavy atom. The maximum Gasteiger partial charge on any atom is 0.247 e. The van der Waals surface area contributed by atoms with E-state index in [4.69, 9.17) is 0 Å². The van der Waals surface area contributed by atoms with Gasteiger partial charge in [0, 0.05) is 18.1 Å². The number of aromatic nitrogens is 2. The Morgan fingerprint density at radius 1 is 1.25 bits per heavy atom. The van der Waals surface area contributed by atoms with Crippen LogP contribution in [0.4, 0.5) is 5.69 Å². The summed E-state index contributed by atoms with van der Waals surface area (Å²) in [7, 11) is 0. The maximum absolute atomic E-state index is 12.1. The van der Waals surface area contributed by atoms with E-state index in [1.165, 1.54) is 5.56 Å². The van der Waals surface area contributed by atoms with Crippen LogP contribution in [-0.2, 0) is 10.2 Å². The van der Waals surface area contributed by atoms with Crippen LogP contribution in [0.5, 0.6) is 0 Å². The van der Waals surface area contributed by atoms with Gasteiger partial charge >= 0.3 is 0 Å². The molecule has 106 valence electrons. The second-order valence-corrected chi connectivity index (χ2v) is 6.00. The number of anilines is 1. The van der Waals surface area contributed by atoms with Crippen molar-refractivity contribution in [1.82, 2.24) is 9.55 Å². The van der Waals surface area contributed by atoms with Crippen molar-refractivity contribution in [3.63, 3.8) is 0 Å². The van der Waals surface area contributed by atoms with E-state index in [1.807, 2.05) is 19.1 Å². The second-order valence-electron chi connectivity index (χ2n) is 6.00. The van der Waals surface area contributed by atoms with Crippen molar-refractivity contribution in [2.75, 3.05) is 5.32 Å². The van der Waals surface area contributed by atoms with E-state index in [2.05, 4.69) is 43.2 Å². The molecule has 1 heterocycles. The minimum Gasteiger partial charge on any atom is -0.325 e. The lowest BCUT2D eigenvalue weighted by atomic mass is 9.87. The third-order valence-electron chi connectivity index (χ3n) is 3.37. The molecule has 1 N–H and O–H groups in total. The summed E-state index contributed by atoms with van der Waals surface area (Å²) >= 11 is 0. The van der Waals surface area contributed by atoms with E-state index in [9.17, 15) is 4.79 Å². The highest BCUT2D eigenvalue weighted by Crippen LogP contribution is 2.23. The van der Waals surface area contributed by atoms with Gasteiger partial charge in [-0.1, -0.05) is 32.9 Å². The van der Waals surface area contributed by atoms with Gasteiger partial charge in [-0.25, -0.2) is 4.98 Å². The Hall–Kier alpha value is -2.10. The third kappa shape index (κ3) is 3.26. The molecule has 0 saturated heterocycles. The minimum atomic E-state index is -0.278. The highest BCUT2D eigenvalue weighted by Gasteiger charge is 2.16. The second kappa shape index (κ2) is 5.49. The number of carbonyl (C=O) groups is 1. The van der Waals surface area contributed by atoms with Crippen molar-refractivity contribution in [3.8, 4) is 0 Å². The SMILES string of the molecule is CC(C(=O)Nc1ccc(C(C)(C)C)cc1)n1ccnc1. The van der Waals surface area contributed by atoms with Gasteiger partial charge in [0.1, 0.15) is 6.04 Å². The number of hydrogen-bond donors (Lipinski definition) is 1. The lowest BCUT2D eigenvalue weighted by Gasteiger charge is -2.19. The zero-order valence-electron chi connectivity index (χ0n) is 12.4. The number of carbonyl (C=O) groups excluding carboxylic acids is 1. The summed E-state index contributed by atoms with van der Waals surface area (Å²) in [4.78, 5) is 16.1. The number of nitrogens with one attached hydrogen (secondary N) is 1. The molecule has 0 saturated carbocycles. The molecule has 1 atom stereocenters. The third-order valence-corrected chi connectivity index (χ3v) is 3.37. The molecule has 0 fully saturated rings. The Kier molecular flexibility index (Phi) is 3.93. The molecule has 2 aromatic rings. The van der Waals surface area contributed by atoms with E-state index < -0.39 is 0 Å². The number of imidazole rings is 1. The smallest absolute Gasteiger partial charge is 0.247 e. The van der Waals surface area contributed by atoms with Crippen LogP contribution in [0, 0.1) is 0 Å². The van der Waals surface area contributed by atoms with Crippen LogP contribution in [0.2, 0.25) is 0 Å². The fourth-order valence-corrected chi connectivity index (χ4v) is 1.93. The molecule has 2 rings (SSSR count). The Balaban J connectivity index is 2.05. The fraction of sp³-hybridized carbons (Fsp3) is 0.375. The van der Waals surface area contributed by atoms with Gasteiger partial charge in [-0.05, 0) is 30.0 Å². The predicted molar refractivity (Wildman–Crippen MR) is 80.7 cm³/mol. The fourth-order valence-electron chi connectivity index (χ4n) is 1.93. The molecule has 0 spiro atoms. The number of hydrogen-bond acceptors (Lipinski definition) is 2. The van der Waals surface area contributed by atoms with Gasteiger partial charge in [0.25, 0.3) is 0 Å². The molecular weight excluding hydrogens is 250 g/mol. The van der Waals surface area contributed by atoms with Crippen LogP contribution in [0.15, 0.2) is 43.0 Å². The van der Waals surface area contributed by atoms with Crippen LogP contribution in [0.25, 0.3) is 0 Å². The predicted octanol–water partition coefficient (Wildman–Crippen LogP) is 3.38. The summed E-state index contributed by atoms with van der Waals surface area (Å²) in [5, 5.41) is 2.92. The molecule has 0 bridgehead atoms. The first-order valence-corrected chi connectivity index (χ1v) is 6.77. The Bertz CT molecular complexity index is 565. The topological polar surface area (TPSA) is 46.9 Å². The van der Waals surface area contributed by atoms with E-state index in [1.54, 1.807) is 23.3 Å². The molecule has 0 aliphatic heterocycles. The number of amides is 1. The van der Waals surface area contributed by atoms with Gasteiger partial charge in [-0.15, -0.1) is 0 Å². The zero-order valence-corrected chi connectivity index (χ0v) is 12.4. The van der Waals surface area contributed by atoms with Gasteiger partial charge in [0.05, 0.1) is 6.33 Å². The van der Waals surface area contributed by atoms with Crippen LogP contribution < -0.4 is 5.32 Å². The van der Waals surface area contributed by atoms with Gasteiger partial charge < -0.3 is 9.88 Å². The first kappa shape index (κ1) is 14.3. The van der Waals surface area contributed by atoms with E-state index in [0.29, 0.717) is 0 Å². The molecule has 1 unspecified atom stereocenters. The molecule has 1 aromatic carbocycles. The average Bonchev–Trinajstić information content (AvgIpc) is 2.91. The van der Waals surface area contributed by atoms with Crippen LogP contribution in [0.1, 0.15) is 39.3 Å². The molecule has 4 nitrogen and oxygen atoms in total. The van der Waals surface area contributed by atoms with Crippen LogP contribution in [-0.4, -0.2) is 15.5 Å². The molecule has 0 aliphatic rings. The average molecular weight is 271 g/mol. The maximum atomic E-state index is 12.1. The van der Waals surface area contributed by atoms with Crippen molar-refractivity contribution in [2.24, 2.45) is 0 Å². The quantitative estimate of drug-likeness (QED) is 0.930. The normalized spacial score (nSPS) is 13.0. The van der Waals surface area contributed by atoms with E-state index in [-0.39, 0.29) is 17.4 Å². The van der Waals surface area contributed by atoms with Crippen molar-refractivity contribution >= 4 is 11.6 Å². The van der Waals surface area contributed by atoms with Crippen molar-refractivity contribution < 1.29 is 4.79 Å². The zero-order chi connectivity index (χ0) is 14.8. The molecule has 1 aromatic heterocycles. The lowest BCUT2D eigenvalue weighted by Crippen LogP contribution is -2.23. The van der Waals surface area contributed by atoms with Gasteiger partial charge in [0.15, 0.2) is 0 Å². The van der Waals surface area contributed by atoms with Gasteiger partial charge in [0.2, 0.25) is 5.91 Å². The first-order chi connectivity index (χ1) is 9.38. The summed E-state index contributed by atoms with van der Waals surface area (Å²) in [5.74, 6) is -0.0495. The number of rotatable bonds is 3. The van der Waals surface area contributed by atoms with Crippen molar-refractivity contribution in [3.05, 3.63) is 48.5 Å². The Labute approximate surface area is 119 Å². The highest BCUT2D eigenvalue weighted by molar-refractivity contribution is 5.93. The summed E-state index contributed by atoms with van der Waals surface area (Å²) in [5.41, 5.74) is 2.18. The molecule has 20 heavy (non-hydrogen) atoms. The summed E-state index contributed by atoms with van der Waals surface area (Å²) in [6, 6.07) is 7.72. The summed E-state index contributed by atoms with van der Waals surface area (Å²) in [6.07, 6.45) is 5.10. The summed E-state index contributed by atoms with van der Waals surface area (Å²) in [6.45, 7) is 8.35. The van der Waals surface area contributed by atoms with E-state index in [0.717, 1.165) is 5.69 Å². The molecule has 1 amide bonds. The lowest BCUT2D eigenvalue weighted by molar-refractivity contribution is -0.118. The largest absolute Gasteiger partial charge is 0.325 e. The van der Waals surface area contributed by atoms with Crippen molar-refractivity contribution in [2.45, 2.75) is 39.2 Å². The number of benzene rings is 1. The molecule has 0 radical (unpaired) electrons. The van der Waals surface area contributed by atoms with Gasteiger partial charge in [-0.2, -0.15) is 0 Å². The van der Waals surface area contributed by atoms with Crippen molar-refractivity contribution in [1.29, 1.82) is 0 Å². The minimum absolute atomic E-state index is 0.0495. The van der Waals surface area contributed by atoms with Gasteiger partial charge in [-0.3, -0.25) is 4.79 Å². The summed E-state index contributed by atoms with van der Waals surface area (Å²) < 4.78 is 1.78. The Morgan fingerprint density at radius 2 is 1.90 bits per heavy atom. The van der Waals surface area contributed by atoms with Crippen LogP contribution >= 0.6 is 0 Å². The molecular formula is C16H21N3O. The van der Waals surface area contributed by atoms with Crippen LogP contribution in [0.3, 0.4) is 0 Å². The molecule has 4 heteroatoms. The monoisotopic (exact) mass is 271 g/mol. The molecule has 0 aliphatic carbocycles. The highest BCUT2D eigenvalue weighted by atomic mass is 16.2. The standard InChI is InChI=1S/C16H21N3O/c1-12(19-10-9-17-11-19)15(20)18-14-7-5-13(6-8-14)16(2,3)4/h5-12H,1-4H3,(H,18,20). The number of nitrogens with zero attached hydrogens (tertiary/aromatic N) is 2. The first-order valence-electron chi connectivity index (χ1n) is 6.77.